The lowest BCUT2D eigenvalue weighted by molar-refractivity contribution is 0.0583. The predicted molar refractivity (Wildman–Crippen MR) is 64.7 cm³/mol. The molecule has 0 saturated carbocycles. The Morgan fingerprint density at radius 2 is 2.00 bits per heavy atom. The zero-order chi connectivity index (χ0) is 11.3. The van der Waals surface area contributed by atoms with E-state index in [9.17, 15) is 0 Å². The van der Waals surface area contributed by atoms with Crippen LogP contribution in [0.2, 0.25) is 0 Å². The Morgan fingerprint density at radius 3 is 2.60 bits per heavy atom. The van der Waals surface area contributed by atoms with Crippen molar-refractivity contribution >= 4 is 5.69 Å². The van der Waals surface area contributed by atoms with Gasteiger partial charge in [-0.2, -0.15) is 0 Å². The summed E-state index contributed by atoms with van der Waals surface area (Å²) in [7, 11) is 0. The molecule has 2 nitrogen and oxygen atoms in total. The standard InChI is InChI=1S/C13H21NO/c1-10(2)7-8-15-11(3)12-5-4-6-13(14)9-12/h4-6,9-11H,7-8,14H2,1-3H3. The third-order valence-electron chi connectivity index (χ3n) is 2.44. The number of rotatable bonds is 5. The molecule has 0 radical (unpaired) electrons. The zero-order valence-electron chi connectivity index (χ0n) is 9.86. The molecule has 2 heteroatoms. The molecule has 0 aliphatic heterocycles. The Bertz CT molecular complexity index is 296. The predicted octanol–water partition coefficient (Wildman–Crippen LogP) is 3.39. The summed E-state index contributed by atoms with van der Waals surface area (Å²) in [5.74, 6) is 0.693. The van der Waals surface area contributed by atoms with Gasteiger partial charge in [-0.1, -0.05) is 26.0 Å². The van der Waals surface area contributed by atoms with E-state index < -0.39 is 0 Å². The van der Waals surface area contributed by atoms with Gasteiger partial charge in [0.1, 0.15) is 0 Å². The van der Waals surface area contributed by atoms with Gasteiger partial charge in [-0.3, -0.25) is 0 Å². The van der Waals surface area contributed by atoms with Crippen LogP contribution in [0, 0.1) is 5.92 Å². The number of hydrogen-bond acceptors (Lipinski definition) is 2. The number of anilines is 1. The van der Waals surface area contributed by atoms with Gasteiger partial charge in [-0.25, -0.2) is 0 Å². The maximum absolute atomic E-state index is 5.74. The Labute approximate surface area is 92.4 Å². The van der Waals surface area contributed by atoms with Crippen LogP contribution in [0.3, 0.4) is 0 Å². The Kier molecular flexibility index (Phi) is 4.63. The van der Waals surface area contributed by atoms with Gasteiger partial charge in [0, 0.05) is 12.3 Å². The van der Waals surface area contributed by atoms with Crippen molar-refractivity contribution in [2.75, 3.05) is 12.3 Å². The first kappa shape index (κ1) is 12.1. The minimum Gasteiger partial charge on any atom is -0.399 e. The molecule has 0 heterocycles. The van der Waals surface area contributed by atoms with Crippen molar-refractivity contribution < 1.29 is 4.74 Å². The van der Waals surface area contributed by atoms with Gasteiger partial charge in [0.25, 0.3) is 0 Å². The first-order valence-electron chi connectivity index (χ1n) is 5.56. The molecule has 1 aromatic rings. The minimum absolute atomic E-state index is 0.132. The minimum atomic E-state index is 0.132. The molecule has 0 amide bonds. The first-order chi connectivity index (χ1) is 7.09. The van der Waals surface area contributed by atoms with Crippen molar-refractivity contribution in [1.82, 2.24) is 0 Å². The highest BCUT2D eigenvalue weighted by molar-refractivity contribution is 5.41. The maximum atomic E-state index is 5.74. The molecule has 1 atom stereocenters. The second kappa shape index (κ2) is 5.76. The molecule has 2 N–H and O–H groups in total. The van der Waals surface area contributed by atoms with E-state index in [-0.39, 0.29) is 6.10 Å². The van der Waals surface area contributed by atoms with Gasteiger partial charge in [-0.05, 0) is 37.0 Å². The summed E-state index contributed by atoms with van der Waals surface area (Å²) >= 11 is 0. The summed E-state index contributed by atoms with van der Waals surface area (Å²) in [6, 6.07) is 7.88. The molecular formula is C13H21NO. The molecule has 0 aliphatic rings. The monoisotopic (exact) mass is 207 g/mol. The van der Waals surface area contributed by atoms with E-state index in [2.05, 4.69) is 26.8 Å². The molecule has 0 bridgehead atoms. The molecule has 0 aromatic heterocycles. The van der Waals surface area contributed by atoms with Crippen molar-refractivity contribution in [2.45, 2.75) is 33.3 Å². The highest BCUT2D eigenvalue weighted by Gasteiger charge is 2.05. The van der Waals surface area contributed by atoms with Crippen LogP contribution in [0.5, 0.6) is 0 Å². The number of ether oxygens (including phenoxy) is 1. The maximum Gasteiger partial charge on any atom is 0.0797 e. The molecular weight excluding hydrogens is 186 g/mol. The lowest BCUT2D eigenvalue weighted by atomic mass is 10.1. The van der Waals surface area contributed by atoms with Crippen LogP contribution in [0.1, 0.15) is 38.9 Å². The van der Waals surface area contributed by atoms with Gasteiger partial charge in [0.15, 0.2) is 0 Å². The Balaban J connectivity index is 2.43. The highest BCUT2D eigenvalue weighted by Crippen LogP contribution is 2.19. The fourth-order valence-corrected chi connectivity index (χ4v) is 1.39. The van der Waals surface area contributed by atoms with Crippen molar-refractivity contribution in [3.05, 3.63) is 29.8 Å². The second-order valence-corrected chi connectivity index (χ2v) is 4.37. The number of nitrogen functional groups attached to an aromatic ring is 1. The van der Waals surface area contributed by atoms with Gasteiger partial charge in [0.05, 0.1) is 6.10 Å². The third-order valence-corrected chi connectivity index (χ3v) is 2.44. The smallest absolute Gasteiger partial charge is 0.0797 e. The Hall–Kier alpha value is -1.02. The molecule has 0 aliphatic carbocycles. The van der Waals surface area contributed by atoms with Crippen LogP contribution >= 0.6 is 0 Å². The topological polar surface area (TPSA) is 35.2 Å². The summed E-state index contributed by atoms with van der Waals surface area (Å²) in [6.07, 6.45) is 1.24. The normalized spacial score (nSPS) is 13.1. The number of nitrogens with two attached hydrogens (primary N) is 1. The second-order valence-electron chi connectivity index (χ2n) is 4.37. The molecule has 15 heavy (non-hydrogen) atoms. The van der Waals surface area contributed by atoms with Crippen molar-refractivity contribution in [2.24, 2.45) is 5.92 Å². The number of hydrogen-bond donors (Lipinski definition) is 1. The molecule has 84 valence electrons. The van der Waals surface area contributed by atoms with E-state index in [1.165, 1.54) is 0 Å². The number of benzene rings is 1. The van der Waals surface area contributed by atoms with Crippen molar-refractivity contribution in [3.63, 3.8) is 0 Å². The largest absolute Gasteiger partial charge is 0.399 e. The quantitative estimate of drug-likeness (QED) is 0.751. The van der Waals surface area contributed by atoms with Gasteiger partial charge >= 0.3 is 0 Å². The lowest BCUT2D eigenvalue weighted by Gasteiger charge is -2.14. The highest BCUT2D eigenvalue weighted by atomic mass is 16.5. The summed E-state index contributed by atoms with van der Waals surface area (Å²) in [6.45, 7) is 7.28. The van der Waals surface area contributed by atoms with Crippen molar-refractivity contribution in [3.8, 4) is 0 Å². The fraction of sp³-hybridized carbons (Fsp3) is 0.538. The van der Waals surface area contributed by atoms with Gasteiger partial charge < -0.3 is 10.5 Å². The summed E-state index contributed by atoms with van der Waals surface area (Å²) in [5.41, 5.74) is 7.67. The van der Waals surface area contributed by atoms with Crippen LogP contribution in [0.15, 0.2) is 24.3 Å². The lowest BCUT2D eigenvalue weighted by Crippen LogP contribution is -2.04. The van der Waals surface area contributed by atoms with Crippen LogP contribution in [0.4, 0.5) is 5.69 Å². The molecule has 0 spiro atoms. The summed E-state index contributed by atoms with van der Waals surface area (Å²) < 4.78 is 5.74. The Morgan fingerprint density at radius 1 is 1.27 bits per heavy atom. The van der Waals surface area contributed by atoms with E-state index in [1.54, 1.807) is 0 Å². The first-order valence-corrected chi connectivity index (χ1v) is 5.56. The molecule has 1 rings (SSSR count). The molecule has 1 aromatic carbocycles. The summed E-state index contributed by atoms with van der Waals surface area (Å²) in [4.78, 5) is 0. The molecule has 0 saturated heterocycles. The van der Waals surface area contributed by atoms with E-state index >= 15 is 0 Å². The van der Waals surface area contributed by atoms with E-state index in [0.717, 1.165) is 24.3 Å². The summed E-state index contributed by atoms with van der Waals surface area (Å²) in [5, 5.41) is 0. The average molecular weight is 207 g/mol. The average Bonchev–Trinajstić information content (AvgIpc) is 2.17. The molecule has 0 fully saturated rings. The van der Waals surface area contributed by atoms with E-state index in [4.69, 9.17) is 10.5 Å². The van der Waals surface area contributed by atoms with Crippen LogP contribution in [-0.4, -0.2) is 6.61 Å². The van der Waals surface area contributed by atoms with E-state index in [1.807, 2.05) is 18.2 Å². The zero-order valence-corrected chi connectivity index (χ0v) is 9.86. The van der Waals surface area contributed by atoms with Gasteiger partial charge in [0.2, 0.25) is 0 Å². The van der Waals surface area contributed by atoms with Crippen LogP contribution < -0.4 is 5.73 Å². The van der Waals surface area contributed by atoms with Crippen LogP contribution in [-0.2, 0) is 4.74 Å². The van der Waals surface area contributed by atoms with Gasteiger partial charge in [-0.15, -0.1) is 0 Å². The fourth-order valence-electron chi connectivity index (χ4n) is 1.39. The van der Waals surface area contributed by atoms with E-state index in [0.29, 0.717) is 5.92 Å². The molecule has 1 unspecified atom stereocenters. The SMILES string of the molecule is CC(C)CCOC(C)c1cccc(N)c1. The van der Waals surface area contributed by atoms with Crippen LogP contribution in [0.25, 0.3) is 0 Å². The third kappa shape index (κ3) is 4.34. The van der Waals surface area contributed by atoms with Crippen molar-refractivity contribution in [1.29, 1.82) is 0 Å².